The molecule has 0 aromatic heterocycles. The highest BCUT2D eigenvalue weighted by Crippen LogP contribution is 2.38. The van der Waals surface area contributed by atoms with E-state index in [0.717, 1.165) is 67.5 Å². The maximum atomic E-state index is 11.5. The molecule has 0 spiro atoms. The van der Waals surface area contributed by atoms with Crippen LogP contribution in [0.4, 0.5) is 0 Å². The number of ether oxygens (including phenoxy) is 16. The Morgan fingerprint density at radius 3 is 1.05 bits per heavy atom. The Hall–Kier alpha value is -7.80. The molecule has 8 aromatic rings. The summed E-state index contributed by atoms with van der Waals surface area (Å²) in [5.74, 6) is 2.46. The molecule has 23 nitrogen and oxygen atoms in total. The Morgan fingerprint density at radius 1 is 0.368 bits per heavy atom. The van der Waals surface area contributed by atoms with E-state index in [2.05, 4.69) is 0 Å². The first-order valence-electron chi connectivity index (χ1n) is 35.6. The molecule has 0 aliphatic carbocycles. The van der Waals surface area contributed by atoms with Crippen LogP contribution in [0, 0.1) is 11.8 Å². The topological polar surface area (TPSA) is 289 Å². The predicted octanol–water partition coefficient (Wildman–Crippen LogP) is 9.85. The lowest BCUT2D eigenvalue weighted by Gasteiger charge is -2.42. The standard InChI is InChI=1S/2C31H38O8.C21H24O7/c1-21-18-38-31(24-7-5-4-6-8-24)39-29(21)30(37-20-23-11-15-26(35-3)16-12-23)28(33)27(17-32)36-19-22-9-13-25(34-2)14-10-22;1-21(17-32)28(33)30(37-19-23-11-15-26(35-3)16-12-23)29-27(36-18-22-9-13-25(34-2)14-10-22)20-38-31(39-29)24-7-5-4-6-8-24;22-15-11-25-20(13-7-3-1-4-8-13)27-18(15)17(24)19-16(23)12-26-21(28-19)14-9-5-2-6-10-14/h2*4-16,21,27-33H,17-20H2,1-3H3;1-10,15-24H,11-12H2/t21-,27+,28-,29-,30-,31?;21-,27+,28-,29-,30+,31?;15-,16+,17?,18-,19-,20?,21?/m111/s1. The third-order valence-electron chi connectivity index (χ3n) is 18.7. The van der Waals surface area contributed by atoms with Gasteiger partial charge in [-0.2, -0.15) is 0 Å². The normalized spacial score (nSPS) is 25.1. The summed E-state index contributed by atoms with van der Waals surface area (Å²) in [6.07, 6.45) is -14.4. The average molecular weight is 1470 g/mol. The first-order valence-corrected chi connectivity index (χ1v) is 35.6. The molecule has 7 N–H and O–H groups in total. The van der Waals surface area contributed by atoms with Gasteiger partial charge in [0.1, 0.15) is 90.1 Å². The van der Waals surface area contributed by atoms with Crippen LogP contribution in [0.2, 0.25) is 0 Å². The third-order valence-corrected chi connectivity index (χ3v) is 18.7. The van der Waals surface area contributed by atoms with Gasteiger partial charge >= 0.3 is 0 Å². The second-order valence-electron chi connectivity index (χ2n) is 26.3. The zero-order valence-electron chi connectivity index (χ0n) is 60.5. The highest BCUT2D eigenvalue weighted by atomic mass is 16.7. The molecule has 570 valence electrons. The van der Waals surface area contributed by atoms with Crippen LogP contribution in [0.5, 0.6) is 23.0 Å². The van der Waals surface area contributed by atoms with E-state index in [0.29, 0.717) is 13.2 Å². The van der Waals surface area contributed by atoms with Crippen LogP contribution in [0.3, 0.4) is 0 Å². The summed E-state index contributed by atoms with van der Waals surface area (Å²) in [4.78, 5) is 0. The van der Waals surface area contributed by atoms with Gasteiger partial charge in [0.2, 0.25) is 0 Å². The van der Waals surface area contributed by atoms with E-state index in [4.69, 9.17) is 75.8 Å². The van der Waals surface area contributed by atoms with Gasteiger partial charge in [-0.3, -0.25) is 0 Å². The molecular formula is C83H100O23. The van der Waals surface area contributed by atoms with Crippen LogP contribution in [0.1, 0.15) is 83.5 Å². The number of hydrogen-bond donors (Lipinski definition) is 7. The molecule has 0 saturated carbocycles. The van der Waals surface area contributed by atoms with Crippen molar-refractivity contribution in [2.24, 2.45) is 11.8 Å². The summed E-state index contributed by atoms with van der Waals surface area (Å²) in [7, 11) is 6.47. The predicted molar refractivity (Wildman–Crippen MR) is 389 cm³/mol. The Labute approximate surface area is 619 Å². The molecule has 0 bridgehead atoms. The molecule has 5 unspecified atom stereocenters. The van der Waals surface area contributed by atoms with Crippen LogP contribution in [0.25, 0.3) is 0 Å². The zero-order chi connectivity index (χ0) is 74.7. The molecule has 12 rings (SSSR count). The lowest BCUT2D eigenvalue weighted by atomic mass is 9.93. The van der Waals surface area contributed by atoms with E-state index >= 15 is 0 Å². The lowest BCUT2D eigenvalue weighted by Crippen LogP contribution is -2.57. The van der Waals surface area contributed by atoms with Gasteiger partial charge in [0, 0.05) is 40.7 Å². The van der Waals surface area contributed by atoms with Crippen LogP contribution in [0.15, 0.2) is 218 Å². The molecule has 106 heavy (non-hydrogen) atoms. The van der Waals surface area contributed by atoms with Crippen molar-refractivity contribution in [3.05, 3.63) is 263 Å². The summed E-state index contributed by atoms with van der Waals surface area (Å²) in [6, 6.07) is 68.0. The van der Waals surface area contributed by atoms with Crippen LogP contribution >= 0.6 is 0 Å². The Bertz CT molecular complexity index is 3610. The fourth-order valence-corrected chi connectivity index (χ4v) is 12.4. The van der Waals surface area contributed by atoms with Gasteiger partial charge in [-0.15, -0.1) is 0 Å². The maximum absolute atomic E-state index is 11.5. The molecule has 8 aromatic carbocycles. The Kier molecular flexibility index (Phi) is 31.6. The summed E-state index contributed by atoms with van der Waals surface area (Å²) >= 11 is 0. The van der Waals surface area contributed by atoms with E-state index in [1.54, 1.807) is 35.4 Å². The second kappa shape index (κ2) is 41.5. The summed E-state index contributed by atoms with van der Waals surface area (Å²) < 4.78 is 93.6. The molecule has 0 radical (unpaired) electrons. The molecular weight excluding hydrogens is 1360 g/mol. The molecule has 4 aliphatic rings. The average Bonchev–Trinajstić information content (AvgIpc) is 0.824. The molecule has 4 saturated heterocycles. The van der Waals surface area contributed by atoms with Crippen molar-refractivity contribution in [2.45, 2.75) is 145 Å². The van der Waals surface area contributed by atoms with Crippen LogP contribution in [-0.4, -0.2) is 183 Å². The lowest BCUT2D eigenvalue weighted by molar-refractivity contribution is -0.318. The van der Waals surface area contributed by atoms with Gasteiger partial charge in [-0.1, -0.05) is 184 Å². The molecule has 0 amide bonds. The monoisotopic (exact) mass is 1460 g/mol. The van der Waals surface area contributed by atoms with Crippen molar-refractivity contribution in [2.75, 3.05) is 68.1 Å². The van der Waals surface area contributed by atoms with Crippen LogP contribution < -0.4 is 18.9 Å². The van der Waals surface area contributed by atoms with Crippen molar-refractivity contribution >= 4 is 0 Å². The number of benzene rings is 8. The minimum absolute atomic E-state index is 0.00270. The van der Waals surface area contributed by atoms with Crippen molar-refractivity contribution < 1.29 is 112 Å². The fourth-order valence-electron chi connectivity index (χ4n) is 12.4. The van der Waals surface area contributed by atoms with Gasteiger partial charge in [0.05, 0.1) is 100 Å². The van der Waals surface area contributed by atoms with Crippen molar-refractivity contribution in [3.8, 4) is 23.0 Å². The molecule has 19 atom stereocenters. The van der Waals surface area contributed by atoms with Crippen molar-refractivity contribution in [1.82, 2.24) is 0 Å². The van der Waals surface area contributed by atoms with Gasteiger partial charge in [-0.25, -0.2) is 0 Å². The molecule has 4 aliphatic heterocycles. The quantitative estimate of drug-likeness (QED) is 0.0220. The summed E-state index contributed by atoms with van der Waals surface area (Å²) in [6.45, 7) is 4.82. The molecule has 23 heteroatoms. The van der Waals surface area contributed by atoms with E-state index < -0.39 is 110 Å². The van der Waals surface area contributed by atoms with Crippen molar-refractivity contribution in [1.29, 1.82) is 0 Å². The largest absolute Gasteiger partial charge is 0.497 e. The highest BCUT2D eigenvalue weighted by molar-refractivity contribution is 5.30. The number of aliphatic hydroxyl groups excluding tert-OH is 7. The number of aliphatic hydroxyl groups is 7. The first kappa shape index (κ1) is 80.7. The summed E-state index contributed by atoms with van der Waals surface area (Å²) in [5, 5.41) is 74.4. The Balaban J connectivity index is 0.000000173. The number of methoxy groups -OCH3 is 4. The summed E-state index contributed by atoms with van der Waals surface area (Å²) in [5.41, 5.74) is 6.96. The third kappa shape index (κ3) is 22.6. The maximum Gasteiger partial charge on any atom is 0.184 e. The van der Waals surface area contributed by atoms with Gasteiger partial charge in [0.25, 0.3) is 0 Å². The van der Waals surface area contributed by atoms with E-state index in [-0.39, 0.29) is 58.8 Å². The second-order valence-corrected chi connectivity index (χ2v) is 26.3. The van der Waals surface area contributed by atoms with Crippen LogP contribution in [-0.2, 0) is 83.3 Å². The SMILES string of the molecule is COc1ccc(CO[C@@H]([C@H](O)[C@H](C)CO)[C@@H]2OC(c3ccccc3)OC[C@@H]2OCc2ccc(OC)cc2)cc1.COc1ccc(CO[C@H]([C@H](O)[C@H](CO)OCc2ccc(OC)cc2)[C@@H]2OC(c3ccccc3)OC[C@H]2C)cc1.OC([C@@H]1OC(c2ccccc2)OC[C@H]1O)[C@@H]1OC(c2ccccc2)OC[C@@H]1O. The van der Waals surface area contributed by atoms with E-state index in [9.17, 15) is 35.7 Å². The minimum atomic E-state index is -1.27. The van der Waals surface area contributed by atoms with Gasteiger partial charge < -0.3 is 112 Å². The van der Waals surface area contributed by atoms with E-state index in [1.807, 2.05) is 225 Å². The number of hydrogen-bond acceptors (Lipinski definition) is 23. The van der Waals surface area contributed by atoms with E-state index in [1.165, 1.54) is 0 Å². The fraction of sp³-hybridized carbons (Fsp3) is 0.422. The zero-order valence-corrected chi connectivity index (χ0v) is 60.5. The van der Waals surface area contributed by atoms with Crippen molar-refractivity contribution in [3.63, 3.8) is 0 Å². The molecule has 4 fully saturated rings. The van der Waals surface area contributed by atoms with Gasteiger partial charge in [0.15, 0.2) is 25.2 Å². The smallest absolute Gasteiger partial charge is 0.184 e. The highest BCUT2D eigenvalue weighted by Gasteiger charge is 2.47. The molecule has 4 heterocycles. The Morgan fingerprint density at radius 2 is 0.689 bits per heavy atom. The first-order chi connectivity index (χ1) is 51.7. The van der Waals surface area contributed by atoms with Gasteiger partial charge in [-0.05, 0) is 70.8 Å². The number of rotatable bonds is 30. The minimum Gasteiger partial charge on any atom is -0.497 e.